The Balaban J connectivity index is 3.41. The normalized spacial score (nSPS) is 10.4. The topological polar surface area (TPSA) is 79.4 Å². The number of hydrogen-bond acceptors (Lipinski definition) is 4. The lowest BCUT2D eigenvalue weighted by molar-refractivity contribution is 0.0586. The van der Waals surface area contributed by atoms with Crippen LogP contribution in [0.15, 0.2) is 10.9 Å². The van der Waals surface area contributed by atoms with Crippen LogP contribution in [0, 0.1) is 0 Å². The fourth-order valence-corrected chi connectivity index (χ4v) is 0.985. The van der Waals surface area contributed by atoms with Gasteiger partial charge in [0.05, 0.1) is 18.4 Å². The number of pyridine rings is 1. The largest absolute Gasteiger partial charge is 0.503 e. The average Bonchev–Trinajstić information content (AvgIpc) is 2.20. The molecule has 7 heteroatoms. The summed E-state index contributed by atoms with van der Waals surface area (Å²) in [6.07, 6.45) is -3.03. The lowest BCUT2D eigenvalue weighted by Crippen LogP contribution is -2.15. The Morgan fingerprint density at radius 3 is 2.67 bits per heavy atom. The molecule has 0 aliphatic rings. The molecule has 0 spiro atoms. The Kier molecular flexibility index (Phi) is 3.03. The van der Waals surface area contributed by atoms with Crippen LogP contribution in [0.1, 0.15) is 22.5 Å². The molecule has 1 rings (SSSR count). The van der Waals surface area contributed by atoms with Gasteiger partial charge in [0.25, 0.3) is 12.0 Å². The third-order valence-electron chi connectivity index (χ3n) is 1.68. The molecule has 15 heavy (non-hydrogen) atoms. The van der Waals surface area contributed by atoms with Crippen LogP contribution in [-0.4, -0.2) is 23.2 Å². The van der Waals surface area contributed by atoms with Crippen molar-refractivity contribution in [2.45, 2.75) is 6.43 Å². The van der Waals surface area contributed by atoms with Gasteiger partial charge in [-0.3, -0.25) is 4.79 Å². The fraction of sp³-hybridized carbons (Fsp3) is 0.250. The number of rotatable bonds is 2. The smallest absolute Gasteiger partial charge is 0.339 e. The highest BCUT2D eigenvalue weighted by Crippen LogP contribution is 2.21. The zero-order valence-electron chi connectivity index (χ0n) is 7.58. The number of H-pyrrole nitrogens is 1. The molecule has 0 aliphatic carbocycles. The van der Waals surface area contributed by atoms with Gasteiger partial charge in [-0.25, -0.2) is 13.6 Å². The standard InChI is InChI=1S/C8H7F2NO4/c1-15-8(14)3-2-4(12)7(13)11-5(3)6(9)10/h2,6,12H,1H3,(H,11,13). The second kappa shape index (κ2) is 4.07. The first-order valence-electron chi connectivity index (χ1n) is 3.80. The highest BCUT2D eigenvalue weighted by atomic mass is 19.3. The van der Waals surface area contributed by atoms with Crippen molar-refractivity contribution in [2.75, 3.05) is 7.11 Å². The van der Waals surface area contributed by atoms with E-state index in [0.29, 0.717) is 6.07 Å². The van der Waals surface area contributed by atoms with Crippen LogP contribution in [0.4, 0.5) is 8.78 Å². The maximum absolute atomic E-state index is 12.4. The summed E-state index contributed by atoms with van der Waals surface area (Å²) in [5, 5.41) is 8.95. The molecule has 82 valence electrons. The van der Waals surface area contributed by atoms with Gasteiger partial charge in [0.1, 0.15) is 0 Å². The third-order valence-corrected chi connectivity index (χ3v) is 1.68. The van der Waals surface area contributed by atoms with Crippen molar-refractivity contribution in [1.82, 2.24) is 4.98 Å². The minimum Gasteiger partial charge on any atom is -0.503 e. The van der Waals surface area contributed by atoms with E-state index < -0.39 is 35.0 Å². The van der Waals surface area contributed by atoms with Crippen LogP contribution < -0.4 is 5.56 Å². The number of hydrogen-bond donors (Lipinski definition) is 2. The minimum atomic E-state index is -3.03. The van der Waals surface area contributed by atoms with Crippen LogP contribution in [0.2, 0.25) is 0 Å². The lowest BCUT2D eigenvalue weighted by Gasteiger charge is -2.06. The molecule has 1 aromatic rings. The second-order valence-corrected chi connectivity index (χ2v) is 2.60. The monoisotopic (exact) mass is 219 g/mol. The number of nitrogens with one attached hydrogen (secondary N) is 1. The van der Waals surface area contributed by atoms with E-state index in [1.807, 2.05) is 0 Å². The van der Waals surface area contributed by atoms with Crippen LogP contribution in [0.25, 0.3) is 0 Å². The molecular formula is C8H7F2NO4. The Morgan fingerprint density at radius 2 is 2.20 bits per heavy atom. The Bertz CT molecular complexity index is 441. The quantitative estimate of drug-likeness (QED) is 0.721. The molecule has 2 N–H and O–H groups in total. The molecule has 1 aromatic heterocycles. The maximum Gasteiger partial charge on any atom is 0.339 e. The van der Waals surface area contributed by atoms with Crippen molar-refractivity contribution in [3.8, 4) is 5.75 Å². The second-order valence-electron chi connectivity index (χ2n) is 2.60. The summed E-state index contributed by atoms with van der Waals surface area (Å²) in [7, 11) is 1.000. The molecular weight excluding hydrogens is 212 g/mol. The van der Waals surface area contributed by atoms with Gasteiger partial charge in [0, 0.05) is 6.07 Å². The lowest BCUT2D eigenvalue weighted by atomic mass is 10.2. The van der Waals surface area contributed by atoms with Crippen LogP contribution in [-0.2, 0) is 4.74 Å². The van der Waals surface area contributed by atoms with Crippen LogP contribution in [0.3, 0.4) is 0 Å². The highest BCUT2D eigenvalue weighted by Gasteiger charge is 2.21. The number of alkyl halides is 2. The highest BCUT2D eigenvalue weighted by molar-refractivity contribution is 5.91. The van der Waals surface area contributed by atoms with E-state index in [0.717, 1.165) is 7.11 Å². The van der Waals surface area contributed by atoms with Crippen molar-refractivity contribution >= 4 is 5.97 Å². The van der Waals surface area contributed by atoms with Gasteiger partial charge < -0.3 is 14.8 Å². The van der Waals surface area contributed by atoms with Crippen molar-refractivity contribution in [2.24, 2.45) is 0 Å². The number of methoxy groups -OCH3 is 1. The van der Waals surface area contributed by atoms with Crippen molar-refractivity contribution in [3.63, 3.8) is 0 Å². The van der Waals surface area contributed by atoms with Crippen molar-refractivity contribution in [3.05, 3.63) is 27.7 Å². The molecule has 0 saturated heterocycles. The van der Waals surface area contributed by atoms with Gasteiger partial charge >= 0.3 is 5.97 Å². The van der Waals surface area contributed by atoms with Crippen LogP contribution in [0.5, 0.6) is 5.75 Å². The summed E-state index contributed by atoms with van der Waals surface area (Å²) in [4.78, 5) is 23.5. The number of aromatic nitrogens is 1. The van der Waals surface area contributed by atoms with E-state index in [4.69, 9.17) is 5.11 Å². The number of carbonyl (C=O) groups excluding carboxylic acids is 1. The van der Waals surface area contributed by atoms with E-state index >= 15 is 0 Å². The summed E-state index contributed by atoms with van der Waals surface area (Å²) in [5.41, 5.74) is -2.52. The Labute approximate surface area is 82.3 Å². The van der Waals surface area contributed by atoms with E-state index in [-0.39, 0.29) is 0 Å². The number of halogens is 2. The Hall–Kier alpha value is -1.92. The number of ether oxygens (including phenoxy) is 1. The van der Waals surface area contributed by atoms with E-state index in [1.54, 1.807) is 4.98 Å². The van der Waals surface area contributed by atoms with Gasteiger partial charge in [-0.1, -0.05) is 0 Å². The summed E-state index contributed by atoms with van der Waals surface area (Å²) < 4.78 is 29.0. The predicted molar refractivity (Wildman–Crippen MR) is 45.0 cm³/mol. The molecule has 5 nitrogen and oxygen atoms in total. The molecule has 0 saturated carbocycles. The first-order valence-corrected chi connectivity index (χ1v) is 3.80. The molecule has 0 amide bonds. The molecule has 0 fully saturated rings. The van der Waals surface area contributed by atoms with Gasteiger partial charge in [-0.15, -0.1) is 0 Å². The first kappa shape index (κ1) is 11.2. The molecule has 0 bridgehead atoms. The molecule has 0 unspecified atom stereocenters. The summed E-state index contributed by atoms with van der Waals surface area (Å²) in [6, 6.07) is 0.645. The maximum atomic E-state index is 12.4. The first-order chi connectivity index (χ1) is 6.97. The number of carbonyl (C=O) groups is 1. The Morgan fingerprint density at radius 1 is 1.60 bits per heavy atom. The average molecular weight is 219 g/mol. The fourth-order valence-electron chi connectivity index (χ4n) is 0.985. The zero-order valence-corrected chi connectivity index (χ0v) is 7.58. The van der Waals surface area contributed by atoms with E-state index in [9.17, 15) is 18.4 Å². The van der Waals surface area contributed by atoms with E-state index in [2.05, 4.69) is 4.74 Å². The van der Waals surface area contributed by atoms with Gasteiger partial charge in [-0.05, 0) is 0 Å². The molecule has 0 radical (unpaired) electrons. The third kappa shape index (κ3) is 2.12. The minimum absolute atomic E-state index is 0.565. The predicted octanol–water partition coefficient (Wildman–Crippen LogP) is 0.805. The molecule has 0 aliphatic heterocycles. The SMILES string of the molecule is COC(=O)c1cc(O)c(=O)[nH]c1C(F)F. The summed E-state index contributed by atoms with van der Waals surface area (Å²) >= 11 is 0. The van der Waals surface area contributed by atoms with Gasteiger partial charge in [0.2, 0.25) is 0 Å². The van der Waals surface area contributed by atoms with Gasteiger partial charge in [0.15, 0.2) is 5.75 Å². The van der Waals surface area contributed by atoms with E-state index in [1.165, 1.54) is 0 Å². The molecule has 1 heterocycles. The summed E-state index contributed by atoms with van der Waals surface area (Å²) in [6.45, 7) is 0. The molecule has 0 atom stereocenters. The number of aromatic hydroxyl groups is 1. The number of aromatic amines is 1. The summed E-state index contributed by atoms with van der Waals surface area (Å²) in [5.74, 6) is -1.88. The van der Waals surface area contributed by atoms with Crippen LogP contribution >= 0.6 is 0 Å². The zero-order chi connectivity index (χ0) is 11.6. The van der Waals surface area contributed by atoms with Crippen molar-refractivity contribution < 1.29 is 23.4 Å². The number of esters is 1. The molecule has 0 aromatic carbocycles. The van der Waals surface area contributed by atoms with Gasteiger partial charge in [-0.2, -0.15) is 0 Å². The van der Waals surface area contributed by atoms with Crippen molar-refractivity contribution in [1.29, 1.82) is 0 Å².